The molecule has 0 atom stereocenters. The van der Waals surface area contributed by atoms with E-state index >= 15 is 0 Å². The number of phenolic OH excluding ortho intramolecular Hbond substituents is 1. The summed E-state index contributed by atoms with van der Waals surface area (Å²) >= 11 is 0. The van der Waals surface area contributed by atoms with Gasteiger partial charge in [0.1, 0.15) is 5.75 Å². The van der Waals surface area contributed by atoms with Gasteiger partial charge in [-0.3, -0.25) is 4.79 Å². The van der Waals surface area contributed by atoms with Crippen molar-refractivity contribution in [3.05, 3.63) is 70.4 Å². The minimum absolute atomic E-state index is 0.115. The van der Waals surface area contributed by atoms with Crippen LogP contribution in [0, 0.1) is 0 Å². The number of phenols is 1. The van der Waals surface area contributed by atoms with Gasteiger partial charge >= 0.3 is 5.97 Å². The molecule has 1 heterocycles. The number of carbonyl (C=O) groups excluding carboxylic acids is 2. The molecular formula is C23H23NO6. The third-order valence-corrected chi connectivity index (χ3v) is 4.95. The molecule has 3 rings (SSSR count). The Hall–Kier alpha value is -3.74. The predicted molar refractivity (Wildman–Crippen MR) is 111 cm³/mol. The topological polar surface area (TPSA) is 85.3 Å². The van der Waals surface area contributed by atoms with Crippen LogP contribution >= 0.6 is 0 Å². The van der Waals surface area contributed by atoms with E-state index in [2.05, 4.69) is 0 Å². The van der Waals surface area contributed by atoms with E-state index in [0.717, 1.165) is 5.56 Å². The molecule has 0 saturated carbocycles. The molecule has 0 radical (unpaired) electrons. The Kier molecular flexibility index (Phi) is 6.11. The van der Waals surface area contributed by atoms with Crippen LogP contribution in [0.3, 0.4) is 0 Å². The van der Waals surface area contributed by atoms with Crippen molar-refractivity contribution in [3.63, 3.8) is 0 Å². The van der Waals surface area contributed by atoms with E-state index in [-0.39, 0.29) is 35.1 Å². The van der Waals surface area contributed by atoms with Gasteiger partial charge in [0.15, 0.2) is 11.5 Å². The number of ether oxygens (including phenoxy) is 3. The first-order valence-corrected chi connectivity index (χ1v) is 9.23. The monoisotopic (exact) mass is 409 g/mol. The van der Waals surface area contributed by atoms with Crippen molar-refractivity contribution in [1.82, 2.24) is 4.90 Å². The molecular weight excluding hydrogens is 386 g/mol. The minimum atomic E-state index is -0.619. The van der Waals surface area contributed by atoms with Gasteiger partial charge in [0.05, 0.1) is 39.0 Å². The summed E-state index contributed by atoms with van der Waals surface area (Å²) in [5, 5.41) is 10.4. The van der Waals surface area contributed by atoms with Crippen LogP contribution in [0.15, 0.2) is 59.3 Å². The van der Waals surface area contributed by atoms with Crippen molar-refractivity contribution < 1.29 is 28.9 Å². The van der Waals surface area contributed by atoms with E-state index in [4.69, 9.17) is 14.2 Å². The number of rotatable bonds is 6. The van der Waals surface area contributed by atoms with E-state index in [9.17, 15) is 14.7 Å². The Bertz CT molecular complexity index is 1040. The second-order valence-corrected chi connectivity index (χ2v) is 6.65. The van der Waals surface area contributed by atoms with Crippen molar-refractivity contribution in [2.75, 3.05) is 21.3 Å². The predicted octanol–water partition coefficient (Wildman–Crippen LogP) is 3.28. The lowest BCUT2D eigenvalue weighted by Crippen LogP contribution is -2.24. The summed E-state index contributed by atoms with van der Waals surface area (Å²) < 4.78 is 15.2. The maximum absolute atomic E-state index is 13.2. The number of allylic oxidation sites excluding steroid dienone is 1. The van der Waals surface area contributed by atoms with Crippen LogP contribution in [0.2, 0.25) is 0 Å². The van der Waals surface area contributed by atoms with E-state index in [1.807, 2.05) is 12.1 Å². The normalized spacial score (nSPS) is 15.0. The summed E-state index contributed by atoms with van der Waals surface area (Å²) in [7, 11) is 4.28. The largest absolute Gasteiger partial charge is 0.504 e. The smallest absolute Gasteiger partial charge is 0.340 e. The second-order valence-electron chi connectivity index (χ2n) is 6.65. The molecule has 156 valence electrons. The molecule has 1 aliphatic heterocycles. The summed E-state index contributed by atoms with van der Waals surface area (Å²) in [5.74, 6) is -0.110. The zero-order valence-corrected chi connectivity index (χ0v) is 17.3. The fourth-order valence-electron chi connectivity index (χ4n) is 3.31. The number of methoxy groups -OCH3 is 3. The molecule has 1 N–H and O–H groups in total. The van der Waals surface area contributed by atoms with Gasteiger partial charge < -0.3 is 24.2 Å². The average Bonchev–Trinajstić information content (AvgIpc) is 2.99. The van der Waals surface area contributed by atoms with Gasteiger partial charge in [-0.2, -0.15) is 0 Å². The molecule has 2 aromatic rings. The number of nitrogens with zero attached hydrogens (tertiary/aromatic N) is 1. The van der Waals surface area contributed by atoms with Crippen molar-refractivity contribution in [2.45, 2.75) is 13.5 Å². The maximum atomic E-state index is 13.2. The molecule has 1 amide bonds. The van der Waals surface area contributed by atoms with Crippen LogP contribution in [0.25, 0.3) is 6.08 Å². The molecule has 0 spiro atoms. The number of benzene rings is 2. The Labute approximate surface area is 174 Å². The lowest BCUT2D eigenvalue weighted by atomic mass is 10.0. The summed E-state index contributed by atoms with van der Waals surface area (Å²) in [6, 6.07) is 12.2. The molecule has 0 bridgehead atoms. The number of amides is 1. The number of hydrogen-bond donors (Lipinski definition) is 1. The number of hydrogen-bond acceptors (Lipinski definition) is 6. The Morgan fingerprint density at radius 1 is 1.07 bits per heavy atom. The quantitative estimate of drug-likeness (QED) is 0.582. The number of para-hydroxylation sites is 1. The van der Waals surface area contributed by atoms with Crippen LogP contribution in [0.4, 0.5) is 0 Å². The number of aromatic hydroxyl groups is 1. The highest BCUT2D eigenvalue weighted by molar-refractivity contribution is 6.16. The molecule has 30 heavy (non-hydrogen) atoms. The molecule has 7 nitrogen and oxygen atoms in total. The molecule has 0 fully saturated rings. The van der Waals surface area contributed by atoms with Gasteiger partial charge in [0, 0.05) is 11.3 Å². The van der Waals surface area contributed by atoms with Gasteiger partial charge in [-0.1, -0.05) is 24.3 Å². The summed E-state index contributed by atoms with van der Waals surface area (Å²) in [6.45, 7) is 1.97. The van der Waals surface area contributed by atoms with E-state index in [1.165, 1.54) is 25.2 Å². The van der Waals surface area contributed by atoms with Gasteiger partial charge in [-0.05, 0) is 36.8 Å². The fourth-order valence-corrected chi connectivity index (χ4v) is 3.31. The van der Waals surface area contributed by atoms with Crippen LogP contribution in [-0.4, -0.2) is 43.2 Å². The van der Waals surface area contributed by atoms with Gasteiger partial charge in [0.2, 0.25) is 0 Å². The third-order valence-electron chi connectivity index (χ3n) is 4.95. The number of carbonyl (C=O) groups is 2. The van der Waals surface area contributed by atoms with Gasteiger partial charge in [-0.25, -0.2) is 4.79 Å². The second kappa shape index (κ2) is 8.73. The molecule has 1 aliphatic rings. The Morgan fingerprint density at radius 2 is 1.77 bits per heavy atom. The van der Waals surface area contributed by atoms with Gasteiger partial charge in [0.25, 0.3) is 5.91 Å². The third kappa shape index (κ3) is 3.87. The van der Waals surface area contributed by atoms with Crippen LogP contribution < -0.4 is 9.47 Å². The van der Waals surface area contributed by atoms with Crippen molar-refractivity contribution >= 4 is 18.0 Å². The molecule has 0 saturated heterocycles. The summed E-state index contributed by atoms with van der Waals surface area (Å²) in [4.78, 5) is 27.2. The van der Waals surface area contributed by atoms with Crippen molar-refractivity contribution in [3.8, 4) is 17.2 Å². The highest BCUT2D eigenvalue weighted by atomic mass is 16.5. The van der Waals surface area contributed by atoms with Crippen molar-refractivity contribution in [2.24, 2.45) is 0 Å². The molecule has 7 heteroatoms. The summed E-state index contributed by atoms with van der Waals surface area (Å²) in [6.07, 6.45) is 1.48. The van der Waals surface area contributed by atoms with Crippen LogP contribution in [-0.2, 0) is 20.9 Å². The maximum Gasteiger partial charge on any atom is 0.340 e. The first kappa shape index (κ1) is 21.0. The summed E-state index contributed by atoms with van der Waals surface area (Å²) in [5.41, 5.74) is 2.03. The average molecular weight is 409 g/mol. The molecule has 0 unspecified atom stereocenters. The highest BCUT2D eigenvalue weighted by Crippen LogP contribution is 2.36. The Morgan fingerprint density at radius 3 is 2.37 bits per heavy atom. The lowest BCUT2D eigenvalue weighted by Gasteiger charge is -2.18. The Balaban J connectivity index is 2.03. The minimum Gasteiger partial charge on any atom is -0.504 e. The van der Waals surface area contributed by atoms with Crippen LogP contribution in [0.1, 0.15) is 18.1 Å². The van der Waals surface area contributed by atoms with Gasteiger partial charge in [-0.15, -0.1) is 0 Å². The SMILES string of the molecule is COC(=O)C1=C(C)N(Cc2ccc(OC)cc2)C(=O)/C1=C\c1cccc(OC)c1O. The lowest BCUT2D eigenvalue weighted by molar-refractivity contribution is -0.136. The van der Waals surface area contributed by atoms with Crippen molar-refractivity contribution in [1.29, 1.82) is 0 Å². The highest BCUT2D eigenvalue weighted by Gasteiger charge is 2.37. The first-order chi connectivity index (χ1) is 14.4. The van der Waals surface area contributed by atoms with E-state index in [1.54, 1.807) is 44.4 Å². The molecule has 0 aliphatic carbocycles. The first-order valence-electron chi connectivity index (χ1n) is 9.23. The standard InChI is InChI=1S/C23H23NO6/c1-14-20(23(27)30-4)18(12-16-6-5-7-19(29-3)21(16)25)22(26)24(14)13-15-8-10-17(28-2)11-9-15/h5-12,25H,13H2,1-4H3/b18-12-. The zero-order chi connectivity index (χ0) is 21.8. The molecule has 2 aromatic carbocycles. The number of esters is 1. The zero-order valence-electron chi connectivity index (χ0n) is 17.3. The fraction of sp³-hybridized carbons (Fsp3) is 0.217. The van der Waals surface area contributed by atoms with E-state index in [0.29, 0.717) is 17.0 Å². The van der Waals surface area contributed by atoms with Crippen LogP contribution in [0.5, 0.6) is 17.2 Å². The molecule has 0 aromatic heterocycles. The van der Waals surface area contributed by atoms with E-state index < -0.39 is 5.97 Å².